The Balaban J connectivity index is 2.19. The van der Waals surface area contributed by atoms with Crippen LogP contribution in [0.3, 0.4) is 0 Å². The Bertz CT molecular complexity index is 985. The second kappa shape index (κ2) is 8.15. The largest absolute Gasteiger partial charge is 0.507 e. The van der Waals surface area contributed by atoms with Gasteiger partial charge in [-0.15, -0.1) is 0 Å². The normalized spacial score (nSPS) is 18.5. The molecular weight excluding hydrogens is 370 g/mol. The topological polar surface area (TPSA) is 80.0 Å². The Morgan fingerprint density at radius 2 is 1.90 bits per heavy atom. The highest BCUT2D eigenvalue weighted by atomic mass is 16.5. The lowest BCUT2D eigenvalue weighted by atomic mass is 9.95. The smallest absolute Gasteiger partial charge is 0.295 e. The number of nitrogens with zero attached hydrogens (tertiary/aromatic N) is 1. The van der Waals surface area contributed by atoms with Crippen molar-refractivity contribution >= 4 is 17.4 Å². The summed E-state index contributed by atoms with van der Waals surface area (Å²) in [6.45, 7) is 7.94. The van der Waals surface area contributed by atoms with Crippen molar-refractivity contribution in [1.82, 2.24) is 4.90 Å². The molecule has 1 aromatic heterocycles. The van der Waals surface area contributed by atoms with Crippen LogP contribution in [0.5, 0.6) is 5.75 Å². The fraction of sp³-hybridized carbons (Fsp3) is 0.391. The lowest BCUT2D eigenvalue weighted by Gasteiger charge is -2.23. The molecule has 0 saturated carbocycles. The first-order chi connectivity index (χ1) is 13.8. The van der Waals surface area contributed by atoms with E-state index in [0.29, 0.717) is 29.4 Å². The van der Waals surface area contributed by atoms with Crippen LogP contribution in [0.1, 0.15) is 54.0 Å². The highest BCUT2D eigenvalue weighted by Gasteiger charge is 2.47. The number of hydrogen-bond acceptors (Lipinski definition) is 5. The molecule has 2 aromatic rings. The monoisotopic (exact) mass is 397 g/mol. The number of hydrogen-bond donors (Lipinski definition) is 1. The van der Waals surface area contributed by atoms with Gasteiger partial charge >= 0.3 is 0 Å². The van der Waals surface area contributed by atoms with Gasteiger partial charge in [0.25, 0.3) is 11.7 Å². The molecule has 0 aliphatic carbocycles. The predicted molar refractivity (Wildman–Crippen MR) is 110 cm³/mol. The van der Waals surface area contributed by atoms with E-state index in [1.165, 1.54) is 4.90 Å². The maximum absolute atomic E-state index is 12.9. The third-order valence-electron chi connectivity index (χ3n) is 5.32. The number of ketones is 1. The lowest BCUT2D eigenvalue weighted by molar-refractivity contribution is -0.140. The van der Waals surface area contributed by atoms with Crippen molar-refractivity contribution in [3.05, 3.63) is 58.0 Å². The van der Waals surface area contributed by atoms with E-state index in [1.807, 2.05) is 26.8 Å². The minimum atomic E-state index is -0.739. The van der Waals surface area contributed by atoms with Crippen LogP contribution in [0.25, 0.3) is 5.76 Å². The van der Waals surface area contributed by atoms with Crippen molar-refractivity contribution in [3.8, 4) is 5.75 Å². The van der Waals surface area contributed by atoms with Gasteiger partial charge < -0.3 is 19.2 Å². The number of likely N-dealkylation sites (tertiary alicyclic amines) is 1. The van der Waals surface area contributed by atoms with Gasteiger partial charge in [-0.2, -0.15) is 0 Å². The molecule has 0 spiro atoms. The minimum absolute atomic E-state index is 0.0631. The first kappa shape index (κ1) is 20.7. The fourth-order valence-electron chi connectivity index (χ4n) is 3.75. The van der Waals surface area contributed by atoms with Crippen LogP contribution in [0.15, 0.2) is 34.3 Å². The number of amides is 1. The zero-order valence-electron chi connectivity index (χ0n) is 17.5. The molecule has 3 rings (SSSR count). The average Bonchev–Trinajstić information content (AvgIpc) is 3.22. The number of furan rings is 1. The van der Waals surface area contributed by atoms with Crippen LogP contribution in [0.4, 0.5) is 0 Å². The summed E-state index contributed by atoms with van der Waals surface area (Å²) in [5.74, 6) is 0.359. The Morgan fingerprint density at radius 1 is 1.17 bits per heavy atom. The molecule has 29 heavy (non-hydrogen) atoms. The van der Waals surface area contributed by atoms with Gasteiger partial charge in [0, 0.05) is 12.1 Å². The number of aryl methyl sites for hydroxylation is 3. The molecule has 154 valence electrons. The number of carbonyl (C=O) groups excluding carboxylic acids is 2. The van der Waals surface area contributed by atoms with E-state index in [1.54, 1.807) is 32.2 Å². The Labute approximate surface area is 170 Å². The third-order valence-corrected chi connectivity index (χ3v) is 5.32. The maximum Gasteiger partial charge on any atom is 0.295 e. The number of aliphatic hydroxyl groups is 1. The summed E-state index contributed by atoms with van der Waals surface area (Å²) in [4.78, 5) is 27.2. The number of aliphatic hydroxyl groups excluding tert-OH is 1. The molecule has 1 fully saturated rings. The van der Waals surface area contributed by atoms with E-state index < -0.39 is 17.7 Å². The van der Waals surface area contributed by atoms with Crippen molar-refractivity contribution in [2.75, 3.05) is 13.7 Å². The molecule has 1 aliphatic rings. The fourth-order valence-corrected chi connectivity index (χ4v) is 3.75. The van der Waals surface area contributed by atoms with Crippen LogP contribution in [0, 0.1) is 20.8 Å². The summed E-state index contributed by atoms with van der Waals surface area (Å²) >= 11 is 0. The predicted octanol–water partition coefficient (Wildman–Crippen LogP) is 4.44. The van der Waals surface area contributed by atoms with Crippen molar-refractivity contribution in [1.29, 1.82) is 0 Å². The minimum Gasteiger partial charge on any atom is -0.507 e. The second-order valence-corrected chi connectivity index (χ2v) is 7.43. The highest BCUT2D eigenvalue weighted by molar-refractivity contribution is 6.46. The first-order valence-electron chi connectivity index (χ1n) is 9.80. The molecule has 0 bridgehead atoms. The summed E-state index contributed by atoms with van der Waals surface area (Å²) in [5, 5.41) is 11.2. The summed E-state index contributed by atoms with van der Waals surface area (Å²) < 4.78 is 11.1. The molecule has 1 aromatic carbocycles. The number of Topliss-reactive ketones (excluding diaryl/α,β-unsaturated/α-hetero) is 1. The van der Waals surface area contributed by atoms with Crippen molar-refractivity contribution in [2.24, 2.45) is 0 Å². The molecule has 1 aliphatic heterocycles. The summed E-state index contributed by atoms with van der Waals surface area (Å²) in [7, 11) is 1.58. The summed E-state index contributed by atoms with van der Waals surface area (Å²) in [5.41, 5.74) is 2.14. The van der Waals surface area contributed by atoms with E-state index in [-0.39, 0.29) is 11.3 Å². The van der Waals surface area contributed by atoms with Gasteiger partial charge in [0.1, 0.15) is 29.1 Å². The number of rotatable bonds is 6. The van der Waals surface area contributed by atoms with Crippen LogP contribution in [-0.2, 0) is 9.59 Å². The van der Waals surface area contributed by atoms with Crippen molar-refractivity contribution in [2.45, 2.75) is 46.6 Å². The zero-order chi connectivity index (χ0) is 21.3. The van der Waals surface area contributed by atoms with E-state index >= 15 is 0 Å². The van der Waals surface area contributed by atoms with Crippen molar-refractivity contribution < 1.29 is 23.8 Å². The summed E-state index contributed by atoms with van der Waals surface area (Å²) in [6, 6.07) is 6.39. The SMILES string of the molecule is CCCCN1C(=O)C(=O)/C(=C(/O)c2cc(C)c(OC)cc2C)C1c1ccc(C)o1. The van der Waals surface area contributed by atoms with Gasteiger partial charge in [-0.25, -0.2) is 0 Å². The Hall–Kier alpha value is -3.02. The molecule has 6 heteroatoms. The van der Waals surface area contributed by atoms with Crippen LogP contribution in [0.2, 0.25) is 0 Å². The van der Waals surface area contributed by atoms with E-state index in [2.05, 4.69) is 0 Å². The maximum atomic E-state index is 12.9. The molecule has 1 amide bonds. The van der Waals surface area contributed by atoms with Gasteiger partial charge in [0.05, 0.1) is 12.7 Å². The van der Waals surface area contributed by atoms with E-state index in [0.717, 1.165) is 24.0 Å². The molecule has 0 radical (unpaired) electrons. The lowest BCUT2D eigenvalue weighted by Crippen LogP contribution is -2.30. The molecule has 1 saturated heterocycles. The van der Waals surface area contributed by atoms with Gasteiger partial charge in [-0.1, -0.05) is 13.3 Å². The number of carbonyl (C=O) groups is 2. The standard InChI is InChI=1S/C23H27NO5/c1-6-7-10-24-20(17-9-8-15(4)29-17)19(22(26)23(24)27)21(25)16-11-14(3)18(28-5)12-13(16)2/h8-9,11-12,20,25H,6-7,10H2,1-5H3/b21-19+. The van der Waals surface area contributed by atoms with Crippen LogP contribution in [-0.4, -0.2) is 35.4 Å². The number of benzene rings is 1. The summed E-state index contributed by atoms with van der Waals surface area (Å²) in [6.07, 6.45) is 1.63. The molecule has 1 unspecified atom stereocenters. The first-order valence-corrected chi connectivity index (χ1v) is 9.80. The van der Waals surface area contributed by atoms with Crippen LogP contribution >= 0.6 is 0 Å². The second-order valence-electron chi connectivity index (χ2n) is 7.43. The molecule has 2 heterocycles. The highest BCUT2D eigenvalue weighted by Crippen LogP contribution is 2.41. The van der Waals surface area contributed by atoms with Gasteiger partial charge in [-0.05, 0) is 62.6 Å². The van der Waals surface area contributed by atoms with E-state index in [4.69, 9.17) is 9.15 Å². The Kier molecular flexibility index (Phi) is 5.82. The average molecular weight is 397 g/mol. The zero-order valence-corrected chi connectivity index (χ0v) is 17.5. The molecular formula is C23H27NO5. The van der Waals surface area contributed by atoms with Crippen molar-refractivity contribution in [3.63, 3.8) is 0 Å². The van der Waals surface area contributed by atoms with E-state index in [9.17, 15) is 14.7 Å². The molecule has 6 nitrogen and oxygen atoms in total. The molecule has 1 atom stereocenters. The number of methoxy groups -OCH3 is 1. The van der Waals surface area contributed by atoms with Gasteiger partial charge in [-0.3, -0.25) is 9.59 Å². The molecule has 1 N–H and O–H groups in total. The Morgan fingerprint density at radius 3 is 2.48 bits per heavy atom. The third kappa shape index (κ3) is 3.67. The number of unbranched alkanes of at least 4 members (excludes halogenated alkanes) is 1. The number of ether oxygens (including phenoxy) is 1. The quantitative estimate of drug-likeness (QED) is 0.443. The van der Waals surface area contributed by atoms with Gasteiger partial charge in [0.15, 0.2) is 0 Å². The van der Waals surface area contributed by atoms with Gasteiger partial charge in [0.2, 0.25) is 0 Å². The van der Waals surface area contributed by atoms with Crippen LogP contribution < -0.4 is 4.74 Å².